The monoisotopic (exact) mass is 227 g/mol. The summed E-state index contributed by atoms with van der Waals surface area (Å²) in [6.45, 7) is 0. The Morgan fingerprint density at radius 3 is 2.25 bits per heavy atom. The van der Waals surface area contributed by atoms with Crippen LogP contribution in [0, 0.1) is 10.1 Å². The number of hydrogen-bond donors (Lipinski definition) is 3. The maximum atomic E-state index is 11.0. The van der Waals surface area contributed by atoms with Crippen molar-refractivity contribution in [3.63, 3.8) is 0 Å². The van der Waals surface area contributed by atoms with Gasteiger partial charge in [0.1, 0.15) is 5.56 Å². The predicted octanol–water partition coefficient (Wildman–Crippen LogP) is 0.273. The highest BCUT2D eigenvalue weighted by molar-refractivity contribution is 6.41. The van der Waals surface area contributed by atoms with Gasteiger partial charge in [0.25, 0.3) is 5.78 Å². The molecule has 16 heavy (non-hydrogen) atoms. The number of phenols is 2. The fourth-order valence-corrected chi connectivity index (χ4v) is 1.05. The Hall–Kier alpha value is -2.64. The van der Waals surface area contributed by atoms with Crippen molar-refractivity contribution in [1.82, 2.24) is 0 Å². The second-order valence-corrected chi connectivity index (χ2v) is 2.72. The van der Waals surface area contributed by atoms with E-state index in [2.05, 4.69) is 0 Å². The first-order valence-electron chi connectivity index (χ1n) is 3.83. The van der Waals surface area contributed by atoms with Gasteiger partial charge in [0, 0.05) is 0 Å². The van der Waals surface area contributed by atoms with Crippen LogP contribution in [0.4, 0.5) is 5.69 Å². The predicted molar refractivity (Wildman–Crippen MR) is 48.4 cm³/mol. The summed E-state index contributed by atoms with van der Waals surface area (Å²) in [7, 11) is 0. The Bertz CT molecular complexity index is 493. The van der Waals surface area contributed by atoms with Crippen molar-refractivity contribution in [2.45, 2.75) is 0 Å². The minimum absolute atomic E-state index is 0.754. The van der Waals surface area contributed by atoms with E-state index < -0.39 is 39.4 Å². The highest BCUT2D eigenvalue weighted by Crippen LogP contribution is 2.37. The summed E-state index contributed by atoms with van der Waals surface area (Å²) in [6.07, 6.45) is 0. The quantitative estimate of drug-likeness (QED) is 0.221. The normalized spacial score (nSPS) is 9.75. The molecule has 3 N–H and O–H groups in total. The molecule has 1 aromatic rings. The second-order valence-electron chi connectivity index (χ2n) is 2.72. The molecule has 0 unspecified atom stereocenters. The van der Waals surface area contributed by atoms with Gasteiger partial charge in [-0.05, 0) is 12.1 Å². The Morgan fingerprint density at radius 1 is 1.25 bits per heavy atom. The smallest absolute Gasteiger partial charge is 0.377 e. The van der Waals surface area contributed by atoms with E-state index in [-0.39, 0.29) is 0 Å². The molecule has 0 heterocycles. The van der Waals surface area contributed by atoms with Crippen LogP contribution in [-0.4, -0.2) is 32.0 Å². The highest BCUT2D eigenvalue weighted by atomic mass is 16.6. The molecule has 0 aliphatic rings. The minimum atomic E-state index is -1.90. The number of Topliss-reactive ketones (excluding diaryl/α,β-unsaturated/α-hetero) is 1. The lowest BCUT2D eigenvalue weighted by Crippen LogP contribution is -2.14. The van der Waals surface area contributed by atoms with Crippen LogP contribution < -0.4 is 0 Å². The first-order chi connectivity index (χ1) is 7.36. The number of benzene rings is 1. The largest absolute Gasteiger partial charge is 0.504 e. The molecule has 1 rings (SSSR count). The molecule has 8 heteroatoms. The van der Waals surface area contributed by atoms with Crippen molar-refractivity contribution in [3.05, 3.63) is 27.8 Å². The Kier molecular flexibility index (Phi) is 2.75. The Labute approximate surface area is 87.5 Å². The molecule has 0 aromatic heterocycles. The summed E-state index contributed by atoms with van der Waals surface area (Å²) < 4.78 is 0. The minimum Gasteiger partial charge on any atom is -0.504 e. The summed E-state index contributed by atoms with van der Waals surface area (Å²) in [5.74, 6) is -5.39. The number of nitro benzene ring substituents is 1. The van der Waals surface area contributed by atoms with Gasteiger partial charge >= 0.3 is 11.7 Å². The van der Waals surface area contributed by atoms with Gasteiger partial charge in [-0.2, -0.15) is 0 Å². The lowest BCUT2D eigenvalue weighted by atomic mass is 10.1. The van der Waals surface area contributed by atoms with Crippen molar-refractivity contribution < 1.29 is 29.8 Å². The SMILES string of the molecule is O=C(O)C(=O)c1ccc(O)c(O)c1[N+](=O)[O-]. The molecule has 0 atom stereocenters. The third-order valence-corrected chi connectivity index (χ3v) is 1.75. The van der Waals surface area contributed by atoms with Crippen LogP contribution in [-0.2, 0) is 4.79 Å². The molecule has 8 nitrogen and oxygen atoms in total. The lowest BCUT2D eigenvalue weighted by Gasteiger charge is -2.02. The van der Waals surface area contributed by atoms with Crippen LogP contribution >= 0.6 is 0 Å². The number of ketones is 1. The zero-order valence-electron chi connectivity index (χ0n) is 7.58. The van der Waals surface area contributed by atoms with Gasteiger partial charge in [-0.15, -0.1) is 0 Å². The summed E-state index contributed by atoms with van der Waals surface area (Å²) >= 11 is 0. The molecule has 0 aliphatic carbocycles. The number of carbonyl (C=O) groups excluding carboxylic acids is 1. The number of nitrogens with zero attached hydrogens (tertiary/aromatic N) is 1. The zero-order chi connectivity index (χ0) is 12.5. The molecule has 0 aliphatic heterocycles. The molecule has 0 saturated heterocycles. The van der Waals surface area contributed by atoms with Crippen molar-refractivity contribution in [2.24, 2.45) is 0 Å². The van der Waals surface area contributed by atoms with Gasteiger partial charge < -0.3 is 15.3 Å². The van der Waals surface area contributed by atoms with E-state index in [0.29, 0.717) is 0 Å². The van der Waals surface area contributed by atoms with Gasteiger partial charge in [-0.25, -0.2) is 4.79 Å². The van der Waals surface area contributed by atoms with E-state index in [1.807, 2.05) is 0 Å². The van der Waals surface area contributed by atoms with Gasteiger partial charge in [0.15, 0.2) is 5.75 Å². The molecule has 1 aromatic carbocycles. The van der Waals surface area contributed by atoms with Crippen molar-refractivity contribution in [2.75, 3.05) is 0 Å². The molecular formula is C8H5NO7. The van der Waals surface area contributed by atoms with Crippen LogP contribution in [0.25, 0.3) is 0 Å². The molecule has 0 radical (unpaired) electrons. The molecule has 84 valence electrons. The molecule has 0 bridgehead atoms. The topological polar surface area (TPSA) is 138 Å². The fraction of sp³-hybridized carbons (Fsp3) is 0. The lowest BCUT2D eigenvalue weighted by molar-refractivity contribution is -0.386. The molecular weight excluding hydrogens is 222 g/mol. The highest BCUT2D eigenvalue weighted by Gasteiger charge is 2.30. The van der Waals surface area contributed by atoms with Crippen molar-refractivity contribution >= 4 is 17.4 Å². The molecule has 0 spiro atoms. The van der Waals surface area contributed by atoms with Crippen LogP contribution in [0.1, 0.15) is 10.4 Å². The average molecular weight is 227 g/mol. The second kappa shape index (κ2) is 3.85. The van der Waals surface area contributed by atoms with E-state index in [4.69, 9.17) is 15.3 Å². The number of carboxylic acids is 1. The number of rotatable bonds is 3. The number of phenolic OH excluding ortho intramolecular Hbond substituents is 2. The fourth-order valence-electron chi connectivity index (χ4n) is 1.05. The van der Waals surface area contributed by atoms with Crippen LogP contribution in [0.5, 0.6) is 11.5 Å². The number of aliphatic carboxylic acids is 1. The van der Waals surface area contributed by atoms with Gasteiger partial charge in [-0.3, -0.25) is 14.9 Å². The molecule has 0 saturated carbocycles. The maximum absolute atomic E-state index is 11.0. The average Bonchev–Trinajstić information content (AvgIpc) is 2.20. The van der Waals surface area contributed by atoms with E-state index in [1.165, 1.54) is 0 Å². The first-order valence-corrected chi connectivity index (χ1v) is 3.83. The van der Waals surface area contributed by atoms with E-state index in [9.17, 15) is 19.7 Å². The summed E-state index contributed by atoms with van der Waals surface area (Å²) in [6, 6.07) is 1.54. The Balaban J connectivity index is 3.52. The van der Waals surface area contributed by atoms with Crippen molar-refractivity contribution in [3.8, 4) is 11.5 Å². The van der Waals surface area contributed by atoms with E-state index in [0.717, 1.165) is 12.1 Å². The van der Waals surface area contributed by atoms with E-state index >= 15 is 0 Å². The van der Waals surface area contributed by atoms with Crippen LogP contribution in [0.2, 0.25) is 0 Å². The third-order valence-electron chi connectivity index (χ3n) is 1.75. The molecule has 0 fully saturated rings. The van der Waals surface area contributed by atoms with Crippen molar-refractivity contribution in [1.29, 1.82) is 0 Å². The Morgan fingerprint density at radius 2 is 1.81 bits per heavy atom. The van der Waals surface area contributed by atoms with Gasteiger partial charge in [-0.1, -0.05) is 0 Å². The number of carbonyl (C=O) groups is 2. The number of aromatic hydroxyl groups is 2. The third kappa shape index (κ3) is 1.75. The number of hydrogen-bond acceptors (Lipinski definition) is 6. The summed E-state index contributed by atoms with van der Waals surface area (Å²) in [4.78, 5) is 30.8. The van der Waals surface area contributed by atoms with Crippen LogP contribution in [0.15, 0.2) is 12.1 Å². The van der Waals surface area contributed by atoms with E-state index in [1.54, 1.807) is 0 Å². The zero-order valence-corrected chi connectivity index (χ0v) is 7.58. The van der Waals surface area contributed by atoms with Crippen LogP contribution in [0.3, 0.4) is 0 Å². The standard InChI is InChI=1S/C8H5NO7/c10-4-2-1-3(6(11)8(13)14)5(7(4)12)9(15)16/h1-2,10,12H,(H,13,14). The number of nitro groups is 1. The van der Waals surface area contributed by atoms with Gasteiger partial charge in [0.05, 0.1) is 4.92 Å². The van der Waals surface area contributed by atoms with Gasteiger partial charge in [0.2, 0.25) is 5.75 Å². The first kappa shape index (κ1) is 11.4. The number of carboxylic acid groups (broad SMARTS) is 1. The summed E-state index contributed by atoms with van der Waals surface area (Å²) in [5.41, 5.74) is -1.93. The summed E-state index contributed by atoms with van der Waals surface area (Å²) in [5, 5.41) is 37.0. The maximum Gasteiger partial charge on any atom is 0.377 e. The molecule has 0 amide bonds.